The highest BCUT2D eigenvalue weighted by molar-refractivity contribution is 7.12. The van der Waals surface area contributed by atoms with Crippen molar-refractivity contribution in [2.45, 2.75) is 0 Å². The Morgan fingerprint density at radius 1 is 1.42 bits per heavy atom. The van der Waals surface area contributed by atoms with Crippen LogP contribution < -0.4 is 5.32 Å². The van der Waals surface area contributed by atoms with Gasteiger partial charge in [-0.2, -0.15) is 0 Å². The first-order chi connectivity index (χ1) is 9.11. The molecule has 1 aromatic heterocycles. The number of carbonyl (C=O) groups is 3. The molecule has 0 radical (unpaired) electrons. The lowest BCUT2D eigenvalue weighted by atomic mass is 10.2. The molecule has 98 valence electrons. The van der Waals surface area contributed by atoms with E-state index in [0.29, 0.717) is 10.4 Å². The zero-order valence-electron chi connectivity index (χ0n) is 9.80. The highest BCUT2D eigenvalue weighted by Crippen LogP contribution is 2.18. The number of nitrogens with zero attached hydrogens (tertiary/aromatic N) is 1. The van der Waals surface area contributed by atoms with Crippen LogP contribution in [0, 0.1) is 11.8 Å². The summed E-state index contributed by atoms with van der Waals surface area (Å²) in [5.41, 5.74) is 0.488. The molecular formula is C12H10N2O4S. The first kappa shape index (κ1) is 13.3. The molecule has 19 heavy (non-hydrogen) atoms. The van der Waals surface area contributed by atoms with Gasteiger partial charge in [0, 0.05) is 5.56 Å². The summed E-state index contributed by atoms with van der Waals surface area (Å²) in [7, 11) is 0. The third-order valence-corrected chi connectivity index (χ3v) is 3.30. The lowest BCUT2D eigenvalue weighted by Gasteiger charge is -2.25. The van der Waals surface area contributed by atoms with Crippen LogP contribution in [0.4, 0.5) is 0 Å². The number of amides is 3. The number of aliphatic hydroxyl groups excluding tert-OH is 1. The summed E-state index contributed by atoms with van der Waals surface area (Å²) in [6.45, 7) is -0.585. The fourth-order valence-electron chi connectivity index (χ4n) is 1.63. The van der Waals surface area contributed by atoms with Crippen molar-refractivity contribution in [3.63, 3.8) is 0 Å². The summed E-state index contributed by atoms with van der Waals surface area (Å²) in [5, 5.41) is 12.5. The van der Waals surface area contributed by atoms with Gasteiger partial charge in [-0.3, -0.25) is 19.7 Å². The maximum atomic E-state index is 12.2. The first-order valence-corrected chi connectivity index (χ1v) is 6.29. The van der Waals surface area contributed by atoms with Crippen molar-refractivity contribution in [3.8, 4) is 11.8 Å². The predicted molar refractivity (Wildman–Crippen MR) is 67.3 cm³/mol. The average Bonchev–Trinajstić information content (AvgIpc) is 2.82. The quantitative estimate of drug-likeness (QED) is 0.519. The molecular weight excluding hydrogens is 268 g/mol. The number of hydrogen-bond donors (Lipinski definition) is 2. The van der Waals surface area contributed by atoms with E-state index in [1.165, 1.54) is 16.2 Å². The van der Waals surface area contributed by atoms with Gasteiger partial charge < -0.3 is 10.0 Å². The fraction of sp³-hybridized carbons (Fsp3) is 0.250. The van der Waals surface area contributed by atoms with Crippen LogP contribution in [0.15, 0.2) is 11.4 Å². The van der Waals surface area contributed by atoms with Crippen molar-refractivity contribution in [1.82, 2.24) is 10.2 Å². The van der Waals surface area contributed by atoms with Gasteiger partial charge in [0.15, 0.2) is 0 Å². The zero-order valence-corrected chi connectivity index (χ0v) is 10.6. The average molecular weight is 278 g/mol. The van der Waals surface area contributed by atoms with Crippen molar-refractivity contribution in [2.24, 2.45) is 0 Å². The van der Waals surface area contributed by atoms with Crippen molar-refractivity contribution in [3.05, 3.63) is 21.9 Å². The van der Waals surface area contributed by atoms with Crippen LogP contribution >= 0.6 is 11.3 Å². The second kappa shape index (κ2) is 5.65. The van der Waals surface area contributed by atoms with Crippen LogP contribution in [0.25, 0.3) is 0 Å². The smallest absolute Gasteiger partial charge is 0.266 e. The van der Waals surface area contributed by atoms with E-state index in [1.807, 2.05) is 0 Å². The van der Waals surface area contributed by atoms with Crippen molar-refractivity contribution < 1.29 is 19.5 Å². The molecule has 3 amide bonds. The molecule has 2 N–H and O–H groups in total. The Balaban J connectivity index is 2.22. The van der Waals surface area contributed by atoms with E-state index in [2.05, 4.69) is 17.2 Å². The van der Waals surface area contributed by atoms with Gasteiger partial charge in [-0.05, 0) is 11.4 Å². The van der Waals surface area contributed by atoms with Gasteiger partial charge in [0.25, 0.3) is 5.91 Å². The maximum Gasteiger partial charge on any atom is 0.266 e. The van der Waals surface area contributed by atoms with Crippen molar-refractivity contribution in [2.75, 3.05) is 19.7 Å². The van der Waals surface area contributed by atoms with Gasteiger partial charge in [-0.15, -0.1) is 11.3 Å². The molecule has 7 heteroatoms. The van der Waals surface area contributed by atoms with Crippen LogP contribution in [-0.2, 0) is 9.59 Å². The van der Waals surface area contributed by atoms with Gasteiger partial charge in [0.05, 0.1) is 0 Å². The lowest BCUT2D eigenvalue weighted by Crippen LogP contribution is -2.53. The van der Waals surface area contributed by atoms with Crippen LogP contribution in [0.5, 0.6) is 0 Å². The predicted octanol–water partition coefficient (Wildman–Crippen LogP) is -0.809. The number of piperazine rings is 1. The van der Waals surface area contributed by atoms with E-state index in [0.717, 1.165) is 0 Å². The minimum Gasteiger partial charge on any atom is -0.384 e. The van der Waals surface area contributed by atoms with Crippen LogP contribution in [0.2, 0.25) is 0 Å². The Labute approximate surface area is 113 Å². The highest BCUT2D eigenvalue weighted by Gasteiger charge is 2.28. The minimum atomic E-state index is -0.496. The standard InChI is InChI=1S/C12H10N2O4S/c15-4-1-2-8-3-5-19-11(8)12(18)14-6-9(16)13-10(17)7-14/h3,5,15H,4,6-7H2,(H,13,16,17). The Kier molecular flexibility index (Phi) is 3.94. The van der Waals surface area contributed by atoms with Gasteiger partial charge in [-0.25, -0.2) is 0 Å². The molecule has 1 aliphatic heterocycles. The molecule has 0 atom stereocenters. The van der Waals surface area contributed by atoms with Gasteiger partial charge >= 0.3 is 0 Å². The normalized spacial score (nSPS) is 14.7. The number of aliphatic hydroxyl groups is 1. The number of thiophene rings is 1. The zero-order chi connectivity index (χ0) is 13.8. The largest absolute Gasteiger partial charge is 0.384 e. The van der Waals surface area contributed by atoms with Crippen LogP contribution in [-0.4, -0.2) is 47.4 Å². The number of nitrogens with one attached hydrogen (secondary N) is 1. The number of imide groups is 1. The molecule has 2 rings (SSSR count). The molecule has 0 saturated carbocycles. The Morgan fingerprint density at radius 2 is 2.11 bits per heavy atom. The summed E-state index contributed by atoms with van der Waals surface area (Å²) in [5.74, 6) is 3.73. The monoisotopic (exact) mass is 278 g/mol. The molecule has 0 aliphatic carbocycles. The molecule has 0 unspecified atom stereocenters. The van der Waals surface area contributed by atoms with E-state index >= 15 is 0 Å². The second-order valence-corrected chi connectivity index (χ2v) is 4.67. The summed E-state index contributed by atoms with van der Waals surface area (Å²) in [6.07, 6.45) is 0. The van der Waals surface area contributed by atoms with Crippen molar-refractivity contribution in [1.29, 1.82) is 0 Å². The number of rotatable bonds is 1. The van der Waals surface area contributed by atoms with Crippen LogP contribution in [0.3, 0.4) is 0 Å². The topological polar surface area (TPSA) is 86.7 Å². The Hall–Kier alpha value is -2.17. The van der Waals surface area contributed by atoms with Gasteiger partial charge in [-0.1, -0.05) is 11.8 Å². The fourth-order valence-corrected chi connectivity index (χ4v) is 2.45. The second-order valence-electron chi connectivity index (χ2n) is 3.76. The van der Waals surface area contributed by atoms with E-state index in [1.54, 1.807) is 11.4 Å². The maximum absolute atomic E-state index is 12.2. The Morgan fingerprint density at radius 3 is 2.74 bits per heavy atom. The number of hydrogen-bond acceptors (Lipinski definition) is 5. The summed E-state index contributed by atoms with van der Waals surface area (Å²) < 4.78 is 0. The van der Waals surface area contributed by atoms with Gasteiger partial charge in [0.2, 0.25) is 11.8 Å². The molecule has 1 aliphatic rings. The molecule has 6 nitrogen and oxygen atoms in total. The van der Waals surface area contributed by atoms with E-state index in [9.17, 15) is 14.4 Å². The summed E-state index contributed by atoms with van der Waals surface area (Å²) in [4.78, 5) is 36.2. The first-order valence-electron chi connectivity index (χ1n) is 5.41. The minimum absolute atomic E-state index is 0.144. The molecule has 0 spiro atoms. The Bertz CT molecular complexity index is 580. The number of carbonyl (C=O) groups excluding carboxylic acids is 3. The highest BCUT2D eigenvalue weighted by atomic mass is 32.1. The molecule has 2 heterocycles. The third-order valence-electron chi connectivity index (χ3n) is 2.40. The lowest BCUT2D eigenvalue weighted by molar-refractivity contribution is -0.135. The summed E-state index contributed by atoms with van der Waals surface area (Å²) in [6, 6.07) is 1.66. The van der Waals surface area contributed by atoms with Crippen molar-refractivity contribution >= 4 is 29.1 Å². The SMILES string of the molecule is O=C1CN(C(=O)c2sccc2C#CCO)CC(=O)N1. The van der Waals surface area contributed by atoms with E-state index < -0.39 is 17.7 Å². The molecule has 1 aromatic rings. The molecule has 0 aromatic carbocycles. The van der Waals surface area contributed by atoms with E-state index in [-0.39, 0.29) is 19.7 Å². The molecule has 0 bridgehead atoms. The van der Waals surface area contributed by atoms with Gasteiger partial charge in [0.1, 0.15) is 24.6 Å². The van der Waals surface area contributed by atoms with Crippen LogP contribution in [0.1, 0.15) is 15.2 Å². The summed E-state index contributed by atoms with van der Waals surface area (Å²) >= 11 is 1.19. The third kappa shape index (κ3) is 2.99. The van der Waals surface area contributed by atoms with E-state index in [4.69, 9.17) is 5.11 Å². The molecule has 1 fully saturated rings. The molecule has 1 saturated heterocycles.